The summed E-state index contributed by atoms with van der Waals surface area (Å²) in [4.78, 5) is 27.2. The van der Waals surface area contributed by atoms with Crippen molar-refractivity contribution in [3.05, 3.63) is 87.1 Å². The van der Waals surface area contributed by atoms with E-state index >= 15 is 0 Å². The van der Waals surface area contributed by atoms with Crippen molar-refractivity contribution < 1.29 is 36.9 Å². The number of anilines is 1. The van der Waals surface area contributed by atoms with Gasteiger partial charge in [0.15, 0.2) is 0 Å². The van der Waals surface area contributed by atoms with Crippen molar-refractivity contribution in [3.8, 4) is 11.1 Å². The molecule has 0 amide bonds. The SMILES string of the molecule is CCOC(=O)C1=C(c2ccccc2)C(=Cc2sc(N)c(C(=O)OCC)c2-c2ccccc2)SC1=[NH2+].[Cl-]. The number of rotatable bonds is 7. The van der Waals surface area contributed by atoms with Crippen LogP contribution in [-0.4, -0.2) is 30.2 Å². The maximum absolute atomic E-state index is 12.8. The number of thioether (sulfide) groups is 1. The summed E-state index contributed by atoms with van der Waals surface area (Å²) in [5, 5.41) is 7.07. The van der Waals surface area contributed by atoms with Crippen molar-refractivity contribution in [1.82, 2.24) is 0 Å². The molecule has 0 unspecified atom stereocenters. The molecule has 0 atom stereocenters. The minimum Gasteiger partial charge on any atom is -1.00 e. The molecule has 186 valence electrons. The Labute approximate surface area is 224 Å². The second-order valence-corrected chi connectivity index (χ2v) is 9.65. The average Bonchev–Trinajstić information content (AvgIpc) is 3.36. The molecule has 0 bridgehead atoms. The standard InChI is InChI=1S/C27H24N2O4S2.ClH/c1-3-32-26(30)22-20(16-11-7-5-8-12-16)18(34-24(22)28)15-19-21(17-13-9-6-10-14-17)23(25(29)35-19)27(31)33-4-2;/h5-15,28H,3-4,29H2,1-2H3;1H. The Hall–Kier alpha value is -3.33. The van der Waals surface area contributed by atoms with Crippen molar-refractivity contribution >= 4 is 56.7 Å². The maximum atomic E-state index is 12.8. The van der Waals surface area contributed by atoms with Crippen LogP contribution in [0.2, 0.25) is 0 Å². The highest BCUT2D eigenvalue weighted by Crippen LogP contribution is 2.47. The van der Waals surface area contributed by atoms with E-state index in [0.717, 1.165) is 20.9 Å². The van der Waals surface area contributed by atoms with Gasteiger partial charge in [-0.15, -0.1) is 11.3 Å². The van der Waals surface area contributed by atoms with E-state index in [9.17, 15) is 9.59 Å². The summed E-state index contributed by atoms with van der Waals surface area (Å²) in [7, 11) is 0. The topological polar surface area (TPSA) is 104 Å². The van der Waals surface area contributed by atoms with E-state index in [4.69, 9.17) is 20.6 Å². The van der Waals surface area contributed by atoms with Crippen molar-refractivity contribution in [2.75, 3.05) is 18.9 Å². The van der Waals surface area contributed by atoms with Crippen LogP contribution >= 0.6 is 23.1 Å². The molecule has 4 rings (SSSR count). The van der Waals surface area contributed by atoms with E-state index in [1.165, 1.54) is 23.1 Å². The molecule has 6 nitrogen and oxygen atoms in total. The molecule has 1 aromatic heterocycles. The molecule has 0 saturated heterocycles. The Bertz CT molecular complexity index is 1350. The van der Waals surface area contributed by atoms with Crippen LogP contribution in [0.15, 0.2) is 71.1 Å². The fourth-order valence-electron chi connectivity index (χ4n) is 3.85. The molecule has 0 saturated carbocycles. The molecule has 2 aromatic carbocycles. The molecule has 4 N–H and O–H groups in total. The van der Waals surface area contributed by atoms with Gasteiger partial charge in [0, 0.05) is 20.9 Å². The summed E-state index contributed by atoms with van der Waals surface area (Å²) in [6, 6.07) is 19.1. The molecular weight excluding hydrogens is 516 g/mol. The minimum atomic E-state index is -0.471. The highest BCUT2D eigenvalue weighted by atomic mass is 35.5. The van der Waals surface area contributed by atoms with Crippen molar-refractivity contribution in [2.24, 2.45) is 0 Å². The predicted molar refractivity (Wildman–Crippen MR) is 143 cm³/mol. The van der Waals surface area contributed by atoms with Gasteiger partial charge in [0.2, 0.25) is 0 Å². The van der Waals surface area contributed by atoms with Crippen molar-refractivity contribution in [3.63, 3.8) is 0 Å². The zero-order chi connectivity index (χ0) is 24.9. The zero-order valence-electron chi connectivity index (χ0n) is 19.7. The highest BCUT2D eigenvalue weighted by Gasteiger charge is 2.37. The number of nitrogen functional groups attached to an aromatic ring is 1. The van der Waals surface area contributed by atoms with E-state index in [1.54, 1.807) is 13.8 Å². The second kappa shape index (κ2) is 12.1. The lowest BCUT2D eigenvalue weighted by Gasteiger charge is -2.09. The van der Waals surface area contributed by atoms with Gasteiger partial charge in [-0.2, -0.15) is 0 Å². The molecule has 0 radical (unpaired) electrons. The van der Waals surface area contributed by atoms with Gasteiger partial charge in [0.1, 0.15) is 16.1 Å². The molecule has 9 heteroatoms. The Balaban J connectivity index is 0.00000361. The first-order valence-electron chi connectivity index (χ1n) is 11.1. The lowest BCUT2D eigenvalue weighted by Crippen LogP contribution is -3.00. The highest BCUT2D eigenvalue weighted by molar-refractivity contribution is 8.18. The first kappa shape index (κ1) is 27.3. The van der Waals surface area contributed by atoms with Crippen LogP contribution in [0.5, 0.6) is 0 Å². The lowest BCUT2D eigenvalue weighted by molar-refractivity contribution is -0.139. The van der Waals surface area contributed by atoms with E-state index in [0.29, 0.717) is 32.3 Å². The molecule has 1 aliphatic rings. The number of thiophene rings is 1. The summed E-state index contributed by atoms with van der Waals surface area (Å²) in [6.45, 7) is 3.99. The summed E-state index contributed by atoms with van der Waals surface area (Å²) >= 11 is 2.59. The van der Waals surface area contributed by atoms with Crippen LogP contribution in [0.3, 0.4) is 0 Å². The average molecular weight is 541 g/mol. The number of hydrogen-bond donors (Lipinski definition) is 2. The largest absolute Gasteiger partial charge is 1.00 e. The Kier molecular flexibility index (Phi) is 9.14. The number of nitrogens with two attached hydrogens (primary N) is 2. The van der Waals surface area contributed by atoms with Crippen LogP contribution in [0.25, 0.3) is 22.8 Å². The van der Waals surface area contributed by atoms with Gasteiger partial charge in [-0.3, -0.25) is 0 Å². The van der Waals surface area contributed by atoms with Gasteiger partial charge in [0.25, 0.3) is 5.04 Å². The number of allylic oxidation sites excluding steroid dienone is 1. The molecule has 0 spiro atoms. The Morgan fingerprint density at radius 2 is 1.47 bits per heavy atom. The third kappa shape index (κ3) is 5.41. The van der Waals surface area contributed by atoms with Crippen LogP contribution in [0.1, 0.15) is 34.6 Å². The quantitative estimate of drug-likeness (QED) is 0.440. The number of carbonyl (C=O) groups excluding carboxylic acids is 2. The van der Waals surface area contributed by atoms with Gasteiger partial charge in [-0.1, -0.05) is 60.7 Å². The molecule has 1 aliphatic heterocycles. The number of benzene rings is 2. The third-order valence-corrected chi connectivity index (χ3v) is 7.20. The molecule has 36 heavy (non-hydrogen) atoms. The molecule has 3 aromatic rings. The van der Waals surface area contributed by atoms with E-state index in [2.05, 4.69) is 0 Å². The fraction of sp³-hybridized carbons (Fsp3) is 0.148. The van der Waals surface area contributed by atoms with Crippen molar-refractivity contribution in [1.29, 1.82) is 0 Å². The van der Waals surface area contributed by atoms with E-state index < -0.39 is 11.9 Å². The maximum Gasteiger partial charge on any atom is 0.346 e. The molecular formula is C27H25ClN2O4S2. The smallest absolute Gasteiger partial charge is 0.346 e. The number of carbonyl (C=O) groups is 2. The van der Waals surface area contributed by atoms with Gasteiger partial charge in [-0.25, -0.2) is 15.0 Å². The number of hydrogen-bond acceptors (Lipinski definition) is 7. The monoisotopic (exact) mass is 540 g/mol. The van der Waals surface area contributed by atoms with Crippen LogP contribution in [0.4, 0.5) is 5.00 Å². The normalized spacial score (nSPS) is 14.1. The van der Waals surface area contributed by atoms with Gasteiger partial charge in [0.05, 0.1) is 13.2 Å². The second-order valence-electron chi connectivity index (χ2n) is 7.48. The Morgan fingerprint density at radius 3 is 2.06 bits per heavy atom. The summed E-state index contributed by atoms with van der Waals surface area (Å²) in [5.41, 5.74) is 10.1. The van der Waals surface area contributed by atoms with Gasteiger partial charge >= 0.3 is 11.9 Å². The molecule has 2 heterocycles. The number of esters is 2. The molecule has 0 aliphatic carbocycles. The van der Waals surface area contributed by atoms with Crippen LogP contribution < -0.4 is 23.5 Å². The summed E-state index contributed by atoms with van der Waals surface area (Å²) < 4.78 is 10.6. The predicted octanol–water partition coefficient (Wildman–Crippen LogP) is 1.44. The zero-order valence-corrected chi connectivity index (χ0v) is 22.1. The minimum absolute atomic E-state index is 0. The van der Waals surface area contributed by atoms with Crippen LogP contribution in [-0.2, 0) is 14.3 Å². The number of ether oxygens (including phenoxy) is 2. The fourth-order valence-corrected chi connectivity index (χ4v) is 5.97. The first-order valence-corrected chi connectivity index (χ1v) is 12.7. The number of halogens is 1. The van der Waals surface area contributed by atoms with Crippen molar-refractivity contribution in [2.45, 2.75) is 13.8 Å². The summed E-state index contributed by atoms with van der Waals surface area (Å²) in [6.07, 6.45) is 1.93. The van der Waals surface area contributed by atoms with Gasteiger partial charge in [-0.05, 0) is 42.8 Å². The first-order chi connectivity index (χ1) is 17.0. The van der Waals surface area contributed by atoms with Gasteiger partial charge < -0.3 is 27.6 Å². The Morgan fingerprint density at radius 1 is 0.917 bits per heavy atom. The van der Waals surface area contributed by atoms with Crippen LogP contribution in [0, 0.1) is 0 Å². The molecule has 0 fully saturated rings. The summed E-state index contributed by atoms with van der Waals surface area (Å²) in [5.74, 6) is -0.943. The van der Waals surface area contributed by atoms with E-state index in [-0.39, 0.29) is 25.6 Å². The lowest BCUT2D eigenvalue weighted by atomic mass is 9.97. The third-order valence-electron chi connectivity index (χ3n) is 5.27. The van der Waals surface area contributed by atoms with E-state index in [1.807, 2.05) is 66.7 Å².